The number of nitrogens with one attached hydrogen (secondary N) is 2. The topological polar surface area (TPSA) is 107 Å². The summed E-state index contributed by atoms with van der Waals surface area (Å²) in [4.78, 5) is 25.6. The van der Waals surface area contributed by atoms with Gasteiger partial charge in [0.05, 0.1) is 37.1 Å². The van der Waals surface area contributed by atoms with Crippen molar-refractivity contribution in [2.45, 2.75) is 11.7 Å². The average Bonchev–Trinajstić information content (AvgIpc) is 3.57. The van der Waals surface area contributed by atoms with Gasteiger partial charge >= 0.3 is 0 Å². The van der Waals surface area contributed by atoms with Crippen LogP contribution in [-0.2, 0) is 11.3 Å². The number of rotatable bonds is 10. The molecule has 0 saturated carbocycles. The molecule has 2 heterocycles. The van der Waals surface area contributed by atoms with Crippen LogP contribution in [0.2, 0.25) is 0 Å². The normalized spacial score (nSPS) is 10.6. The maximum absolute atomic E-state index is 12.6. The number of carbonyl (C=O) groups excluding carboxylic acids is 2. The van der Waals surface area contributed by atoms with Gasteiger partial charge in [-0.05, 0) is 47.8 Å². The molecule has 0 aliphatic carbocycles. The van der Waals surface area contributed by atoms with Crippen molar-refractivity contribution in [2.75, 3.05) is 25.3 Å². The Morgan fingerprint density at radius 1 is 1.00 bits per heavy atom. The molecule has 2 aromatic heterocycles. The fourth-order valence-corrected chi connectivity index (χ4v) is 4.62. The summed E-state index contributed by atoms with van der Waals surface area (Å²) in [5.41, 5.74) is 1.37. The summed E-state index contributed by atoms with van der Waals surface area (Å²) in [7, 11) is 3.17. The lowest BCUT2D eigenvalue weighted by molar-refractivity contribution is -0.113. The monoisotopic (exact) mass is 509 g/mol. The van der Waals surface area contributed by atoms with Gasteiger partial charge in [0, 0.05) is 5.69 Å². The number of ether oxygens (including phenoxy) is 2. The average molecular weight is 510 g/mol. The Kier molecular flexibility index (Phi) is 8.01. The minimum atomic E-state index is -0.192. The zero-order chi connectivity index (χ0) is 24.6. The third-order valence-corrected chi connectivity index (χ3v) is 6.68. The van der Waals surface area contributed by atoms with Crippen LogP contribution in [0.1, 0.15) is 15.5 Å². The molecule has 0 atom stereocenters. The molecule has 2 aromatic carbocycles. The molecular formula is C24H23N5O4S2. The van der Waals surface area contributed by atoms with Gasteiger partial charge in [0.15, 0.2) is 11.0 Å². The Labute approximate surface area is 210 Å². The van der Waals surface area contributed by atoms with Gasteiger partial charge in [0.2, 0.25) is 5.91 Å². The number of para-hydroxylation sites is 2. The van der Waals surface area contributed by atoms with Crippen LogP contribution in [0.25, 0.3) is 5.69 Å². The van der Waals surface area contributed by atoms with E-state index in [1.54, 1.807) is 49.1 Å². The molecule has 0 spiro atoms. The predicted octanol–water partition coefficient (Wildman–Crippen LogP) is 4.01. The molecule has 4 aromatic rings. The van der Waals surface area contributed by atoms with E-state index >= 15 is 0 Å². The van der Waals surface area contributed by atoms with Crippen LogP contribution < -0.4 is 20.1 Å². The highest BCUT2D eigenvalue weighted by atomic mass is 32.2. The Hall–Kier alpha value is -3.83. The number of nitrogens with zero attached hydrogens (tertiary/aromatic N) is 3. The second-order valence-electron chi connectivity index (χ2n) is 7.13. The second kappa shape index (κ2) is 11.5. The van der Waals surface area contributed by atoms with Crippen molar-refractivity contribution in [1.29, 1.82) is 0 Å². The zero-order valence-corrected chi connectivity index (χ0v) is 20.7. The number of anilines is 1. The molecule has 0 bridgehead atoms. The molecule has 9 nitrogen and oxygen atoms in total. The second-order valence-corrected chi connectivity index (χ2v) is 9.02. The van der Waals surface area contributed by atoms with Gasteiger partial charge in [0.1, 0.15) is 11.5 Å². The van der Waals surface area contributed by atoms with Gasteiger partial charge in [-0.1, -0.05) is 30.0 Å². The number of carbonyl (C=O) groups is 2. The first kappa shape index (κ1) is 24.3. The van der Waals surface area contributed by atoms with Gasteiger partial charge in [-0.2, -0.15) is 0 Å². The van der Waals surface area contributed by atoms with Gasteiger partial charge in [-0.3, -0.25) is 14.2 Å². The number of aromatic nitrogens is 3. The number of thiophene rings is 1. The molecule has 35 heavy (non-hydrogen) atoms. The number of methoxy groups -OCH3 is 2. The lowest BCUT2D eigenvalue weighted by Gasteiger charge is -2.14. The number of thioether (sulfide) groups is 1. The van der Waals surface area contributed by atoms with Crippen molar-refractivity contribution in [1.82, 2.24) is 20.1 Å². The minimum Gasteiger partial charge on any atom is -0.497 e. The van der Waals surface area contributed by atoms with Crippen molar-refractivity contribution in [2.24, 2.45) is 0 Å². The van der Waals surface area contributed by atoms with E-state index in [0.29, 0.717) is 38.7 Å². The SMILES string of the molecule is COc1ccc(NC(=O)CSc2nnc(CNC(=O)c3cccs3)n2-c2ccccc2OC)cc1. The molecule has 0 aliphatic rings. The van der Waals surface area contributed by atoms with Crippen LogP contribution in [-0.4, -0.2) is 46.6 Å². The first-order valence-electron chi connectivity index (χ1n) is 10.5. The molecule has 180 valence electrons. The largest absolute Gasteiger partial charge is 0.497 e. The number of amides is 2. The first-order chi connectivity index (χ1) is 17.1. The Morgan fingerprint density at radius 2 is 1.80 bits per heavy atom. The van der Waals surface area contributed by atoms with Crippen molar-refractivity contribution in [3.05, 3.63) is 76.7 Å². The smallest absolute Gasteiger partial charge is 0.261 e. The van der Waals surface area contributed by atoms with Crippen molar-refractivity contribution < 1.29 is 19.1 Å². The summed E-state index contributed by atoms with van der Waals surface area (Å²) in [6.07, 6.45) is 0. The van der Waals surface area contributed by atoms with Crippen LogP contribution in [0, 0.1) is 0 Å². The molecule has 0 fully saturated rings. The fraction of sp³-hybridized carbons (Fsp3) is 0.167. The molecule has 0 aliphatic heterocycles. The molecule has 2 amide bonds. The summed E-state index contributed by atoms with van der Waals surface area (Å²) in [6, 6.07) is 18.1. The molecule has 2 N–H and O–H groups in total. The predicted molar refractivity (Wildman–Crippen MR) is 136 cm³/mol. The summed E-state index contributed by atoms with van der Waals surface area (Å²) >= 11 is 2.60. The van der Waals surface area contributed by atoms with Crippen LogP contribution in [0.15, 0.2) is 71.2 Å². The zero-order valence-electron chi connectivity index (χ0n) is 19.1. The van der Waals surface area contributed by atoms with Gasteiger partial charge < -0.3 is 20.1 Å². The Morgan fingerprint density at radius 3 is 2.51 bits per heavy atom. The van der Waals surface area contributed by atoms with E-state index < -0.39 is 0 Å². The van der Waals surface area contributed by atoms with Gasteiger partial charge in [-0.15, -0.1) is 21.5 Å². The lowest BCUT2D eigenvalue weighted by Crippen LogP contribution is -2.24. The summed E-state index contributed by atoms with van der Waals surface area (Å²) in [6.45, 7) is 0.153. The molecular weight excluding hydrogens is 486 g/mol. The maximum Gasteiger partial charge on any atom is 0.261 e. The van der Waals surface area contributed by atoms with Crippen molar-refractivity contribution >= 4 is 40.6 Å². The summed E-state index contributed by atoms with van der Waals surface area (Å²) in [5, 5.41) is 16.6. The molecule has 4 rings (SSSR count). The van der Waals surface area contributed by atoms with E-state index in [0.717, 1.165) is 0 Å². The quantitative estimate of drug-likeness (QED) is 0.311. The Bertz CT molecular complexity index is 1290. The van der Waals surface area contributed by atoms with Crippen LogP contribution in [0.3, 0.4) is 0 Å². The van der Waals surface area contributed by atoms with E-state index in [9.17, 15) is 9.59 Å². The summed E-state index contributed by atoms with van der Waals surface area (Å²) < 4.78 is 12.5. The number of benzene rings is 2. The van der Waals surface area contributed by atoms with E-state index in [4.69, 9.17) is 9.47 Å². The minimum absolute atomic E-state index is 0.112. The van der Waals surface area contributed by atoms with Gasteiger partial charge in [-0.25, -0.2) is 0 Å². The number of hydrogen-bond acceptors (Lipinski definition) is 8. The highest BCUT2D eigenvalue weighted by Gasteiger charge is 2.19. The summed E-state index contributed by atoms with van der Waals surface area (Å²) in [5.74, 6) is 1.56. The molecule has 0 saturated heterocycles. The van der Waals surface area contributed by atoms with E-state index in [2.05, 4.69) is 20.8 Å². The van der Waals surface area contributed by atoms with E-state index in [-0.39, 0.29) is 24.1 Å². The van der Waals surface area contributed by atoms with Gasteiger partial charge in [0.25, 0.3) is 5.91 Å². The standard InChI is InChI=1S/C24H23N5O4S2/c1-32-17-11-9-16(10-12-17)26-22(30)15-35-24-28-27-21(14-25-23(31)20-8-5-13-34-20)29(24)18-6-3-4-7-19(18)33-2/h3-13H,14-15H2,1-2H3,(H,25,31)(H,26,30). The highest BCUT2D eigenvalue weighted by Crippen LogP contribution is 2.29. The number of hydrogen-bond donors (Lipinski definition) is 2. The van der Waals surface area contributed by atoms with Crippen LogP contribution >= 0.6 is 23.1 Å². The first-order valence-corrected chi connectivity index (χ1v) is 12.4. The molecule has 0 unspecified atom stereocenters. The van der Waals surface area contributed by atoms with E-state index in [1.165, 1.54) is 23.1 Å². The maximum atomic E-state index is 12.6. The highest BCUT2D eigenvalue weighted by molar-refractivity contribution is 7.99. The lowest BCUT2D eigenvalue weighted by atomic mass is 10.3. The van der Waals surface area contributed by atoms with E-state index in [1.807, 2.05) is 35.7 Å². The molecule has 0 radical (unpaired) electrons. The third kappa shape index (κ3) is 6.00. The Balaban J connectivity index is 1.51. The third-order valence-electron chi connectivity index (χ3n) is 4.88. The van der Waals surface area contributed by atoms with Crippen LogP contribution in [0.4, 0.5) is 5.69 Å². The van der Waals surface area contributed by atoms with Crippen LogP contribution in [0.5, 0.6) is 11.5 Å². The van der Waals surface area contributed by atoms with Crippen molar-refractivity contribution in [3.63, 3.8) is 0 Å². The molecule has 11 heteroatoms. The fourth-order valence-electron chi connectivity index (χ4n) is 3.22. The van der Waals surface area contributed by atoms with Crippen molar-refractivity contribution in [3.8, 4) is 17.2 Å².